The summed E-state index contributed by atoms with van der Waals surface area (Å²) >= 11 is 0. The molecule has 150 valence electrons. The van der Waals surface area contributed by atoms with Crippen LogP contribution in [0.1, 0.15) is 12.7 Å². The molecule has 3 rings (SSSR count). The van der Waals surface area contributed by atoms with Gasteiger partial charge in [0.05, 0.1) is 11.5 Å². The van der Waals surface area contributed by atoms with E-state index in [1.54, 1.807) is 48.5 Å². The van der Waals surface area contributed by atoms with Crippen molar-refractivity contribution in [1.29, 1.82) is 5.26 Å². The number of ether oxygens (including phenoxy) is 1. The number of carbonyl (C=O) groups is 1. The Morgan fingerprint density at radius 3 is 2.67 bits per heavy atom. The lowest BCUT2D eigenvalue weighted by Gasteiger charge is -2.07. The Morgan fingerprint density at radius 2 is 2.00 bits per heavy atom. The number of nitrogens with zero attached hydrogens (tertiary/aromatic N) is 2. The quantitative estimate of drug-likeness (QED) is 0.262. The Labute approximate surface area is 172 Å². The SMILES string of the molecule is CCOc1cccc(NC(=O)C(C#N)=Cc2ccc(-c3ccc([N+](=O)[O-])cc3)o2)c1. The van der Waals surface area contributed by atoms with Crippen molar-refractivity contribution in [3.8, 4) is 23.1 Å². The van der Waals surface area contributed by atoms with E-state index in [0.717, 1.165) is 0 Å². The van der Waals surface area contributed by atoms with Crippen molar-refractivity contribution in [1.82, 2.24) is 0 Å². The summed E-state index contributed by atoms with van der Waals surface area (Å²) in [5.74, 6) is 0.785. The standard InChI is InChI=1S/C22H17N3O5/c1-2-29-19-5-3-4-17(13-19)24-22(26)16(14-23)12-20-10-11-21(30-20)15-6-8-18(9-7-15)25(27)28/h3-13H,2H2,1H3,(H,24,26). The number of anilines is 1. The van der Waals surface area contributed by atoms with Gasteiger partial charge >= 0.3 is 0 Å². The van der Waals surface area contributed by atoms with E-state index in [1.165, 1.54) is 18.2 Å². The van der Waals surface area contributed by atoms with Crippen LogP contribution in [0.15, 0.2) is 70.7 Å². The van der Waals surface area contributed by atoms with Gasteiger partial charge in [-0.1, -0.05) is 6.07 Å². The van der Waals surface area contributed by atoms with Crippen LogP contribution in [0.2, 0.25) is 0 Å². The summed E-state index contributed by atoms with van der Waals surface area (Å²) in [5.41, 5.74) is 0.970. The molecule has 0 radical (unpaired) electrons. The third kappa shape index (κ3) is 4.91. The van der Waals surface area contributed by atoms with Crippen molar-refractivity contribution in [2.45, 2.75) is 6.92 Å². The van der Waals surface area contributed by atoms with Gasteiger partial charge in [-0.15, -0.1) is 0 Å². The first-order valence-electron chi connectivity index (χ1n) is 9.01. The molecule has 0 aliphatic heterocycles. The molecule has 0 aliphatic rings. The van der Waals surface area contributed by atoms with E-state index < -0.39 is 10.8 Å². The summed E-state index contributed by atoms with van der Waals surface area (Å²) in [6.45, 7) is 2.35. The Kier molecular flexibility index (Phi) is 6.25. The molecule has 0 saturated heterocycles. The highest BCUT2D eigenvalue weighted by Gasteiger charge is 2.13. The third-order valence-corrected chi connectivity index (χ3v) is 4.04. The second-order valence-electron chi connectivity index (χ2n) is 6.09. The van der Waals surface area contributed by atoms with Gasteiger partial charge in [0.25, 0.3) is 11.6 Å². The van der Waals surface area contributed by atoms with Crippen molar-refractivity contribution >= 4 is 23.4 Å². The number of nitriles is 1. The number of non-ortho nitro benzene ring substituents is 1. The van der Waals surface area contributed by atoms with Crippen molar-refractivity contribution < 1.29 is 18.9 Å². The van der Waals surface area contributed by atoms with E-state index in [9.17, 15) is 20.2 Å². The molecule has 0 saturated carbocycles. The molecule has 1 amide bonds. The number of nitrogens with one attached hydrogen (secondary N) is 1. The predicted octanol–water partition coefficient (Wildman–Crippen LogP) is 4.80. The fourth-order valence-electron chi connectivity index (χ4n) is 2.65. The maximum absolute atomic E-state index is 12.4. The van der Waals surface area contributed by atoms with E-state index >= 15 is 0 Å². The lowest BCUT2D eigenvalue weighted by Crippen LogP contribution is -2.13. The fourth-order valence-corrected chi connectivity index (χ4v) is 2.65. The number of carbonyl (C=O) groups excluding carboxylic acids is 1. The van der Waals surface area contributed by atoms with Crippen LogP contribution in [0, 0.1) is 21.4 Å². The topological polar surface area (TPSA) is 118 Å². The Balaban J connectivity index is 1.76. The van der Waals surface area contributed by atoms with Crippen LogP contribution >= 0.6 is 0 Å². The first-order valence-corrected chi connectivity index (χ1v) is 9.01. The molecule has 2 aromatic carbocycles. The number of furan rings is 1. The van der Waals surface area contributed by atoms with E-state index in [2.05, 4.69) is 5.32 Å². The minimum atomic E-state index is -0.584. The Hall–Kier alpha value is -4.38. The van der Waals surface area contributed by atoms with Gasteiger partial charge in [0.2, 0.25) is 0 Å². The smallest absolute Gasteiger partial charge is 0.269 e. The van der Waals surface area contributed by atoms with E-state index in [1.807, 2.05) is 13.0 Å². The van der Waals surface area contributed by atoms with Gasteiger partial charge in [0, 0.05) is 35.5 Å². The number of nitro benzene ring substituents is 1. The predicted molar refractivity (Wildman–Crippen MR) is 111 cm³/mol. The molecule has 0 aliphatic carbocycles. The van der Waals surface area contributed by atoms with Crippen molar-refractivity contribution in [2.24, 2.45) is 0 Å². The molecule has 0 fully saturated rings. The van der Waals surface area contributed by atoms with Gasteiger partial charge in [-0.25, -0.2) is 0 Å². The van der Waals surface area contributed by atoms with Gasteiger partial charge in [-0.2, -0.15) is 5.26 Å². The van der Waals surface area contributed by atoms with Crippen LogP contribution in [-0.2, 0) is 4.79 Å². The molecular formula is C22H17N3O5. The van der Waals surface area contributed by atoms with Crippen molar-refractivity contribution in [3.05, 3.63) is 82.1 Å². The lowest BCUT2D eigenvalue weighted by atomic mass is 10.1. The molecule has 1 heterocycles. The molecule has 1 N–H and O–H groups in total. The molecule has 0 spiro atoms. The van der Waals surface area contributed by atoms with Gasteiger partial charge in [0.15, 0.2) is 0 Å². The number of benzene rings is 2. The zero-order valence-electron chi connectivity index (χ0n) is 16.0. The average Bonchev–Trinajstić information content (AvgIpc) is 3.21. The number of hydrogen-bond acceptors (Lipinski definition) is 6. The summed E-state index contributed by atoms with van der Waals surface area (Å²) in [4.78, 5) is 22.7. The van der Waals surface area contributed by atoms with Crippen molar-refractivity contribution in [2.75, 3.05) is 11.9 Å². The van der Waals surface area contributed by atoms with Crippen molar-refractivity contribution in [3.63, 3.8) is 0 Å². The number of nitro groups is 1. The number of rotatable bonds is 7. The first kappa shape index (κ1) is 20.4. The van der Waals surface area contributed by atoms with E-state index in [-0.39, 0.29) is 11.3 Å². The molecule has 0 unspecified atom stereocenters. The number of amides is 1. The highest BCUT2D eigenvalue weighted by Crippen LogP contribution is 2.26. The number of hydrogen-bond donors (Lipinski definition) is 1. The molecule has 3 aromatic rings. The molecule has 8 heteroatoms. The Morgan fingerprint density at radius 1 is 1.23 bits per heavy atom. The zero-order valence-corrected chi connectivity index (χ0v) is 16.0. The Bertz CT molecular complexity index is 1140. The highest BCUT2D eigenvalue weighted by molar-refractivity contribution is 6.09. The van der Waals surface area contributed by atoms with Gasteiger partial charge in [0.1, 0.15) is 28.9 Å². The molecule has 0 atom stereocenters. The lowest BCUT2D eigenvalue weighted by molar-refractivity contribution is -0.384. The molecule has 0 bridgehead atoms. The second kappa shape index (κ2) is 9.21. The molecular weight excluding hydrogens is 386 g/mol. The van der Waals surface area contributed by atoms with Gasteiger partial charge < -0.3 is 14.5 Å². The largest absolute Gasteiger partial charge is 0.494 e. The van der Waals surface area contributed by atoms with Gasteiger partial charge in [-0.3, -0.25) is 14.9 Å². The molecule has 8 nitrogen and oxygen atoms in total. The van der Waals surface area contributed by atoms with Crippen LogP contribution in [0.25, 0.3) is 17.4 Å². The van der Waals surface area contributed by atoms with E-state index in [4.69, 9.17) is 9.15 Å². The summed E-state index contributed by atoms with van der Waals surface area (Å²) in [6.07, 6.45) is 1.33. The summed E-state index contributed by atoms with van der Waals surface area (Å²) in [6, 6.07) is 17.9. The van der Waals surface area contributed by atoms with Crippen LogP contribution in [0.4, 0.5) is 11.4 Å². The minimum absolute atomic E-state index is 0.0257. The first-order chi connectivity index (χ1) is 14.5. The maximum atomic E-state index is 12.4. The zero-order chi connectivity index (χ0) is 21.5. The van der Waals surface area contributed by atoms with Crippen LogP contribution in [0.5, 0.6) is 5.75 Å². The third-order valence-electron chi connectivity index (χ3n) is 4.04. The maximum Gasteiger partial charge on any atom is 0.269 e. The highest BCUT2D eigenvalue weighted by atomic mass is 16.6. The van der Waals surface area contributed by atoms with Gasteiger partial charge in [-0.05, 0) is 43.3 Å². The summed E-state index contributed by atoms with van der Waals surface area (Å²) in [5, 5.41) is 22.8. The van der Waals surface area contributed by atoms with Crippen LogP contribution in [0.3, 0.4) is 0 Å². The monoisotopic (exact) mass is 403 g/mol. The second-order valence-corrected chi connectivity index (χ2v) is 6.09. The molecule has 30 heavy (non-hydrogen) atoms. The van der Waals surface area contributed by atoms with E-state index in [0.29, 0.717) is 35.1 Å². The normalized spacial score (nSPS) is 10.9. The minimum Gasteiger partial charge on any atom is -0.494 e. The summed E-state index contributed by atoms with van der Waals surface area (Å²) in [7, 11) is 0. The van der Waals surface area contributed by atoms with Crippen LogP contribution < -0.4 is 10.1 Å². The fraction of sp³-hybridized carbons (Fsp3) is 0.0909. The van der Waals surface area contributed by atoms with Crippen LogP contribution in [-0.4, -0.2) is 17.4 Å². The molecule has 1 aromatic heterocycles. The summed E-state index contributed by atoms with van der Waals surface area (Å²) < 4.78 is 11.0. The average molecular weight is 403 g/mol.